The van der Waals surface area contributed by atoms with Crippen LogP contribution in [0, 0.1) is 5.41 Å². The van der Waals surface area contributed by atoms with E-state index in [0.717, 1.165) is 45.2 Å². The van der Waals surface area contributed by atoms with Crippen LogP contribution >= 0.6 is 0 Å². The lowest BCUT2D eigenvalue weighted by Crippen LogP contribution is -2.48. The minimum absolute atomic E-state index is 0.0152. The van der Waals surface area contributed by atoms with Crippen LogP contribution in [-0.2, 0) is 4.79 Å². The second kappa shape index (κ2) is 6.26. The number of carbonyl (C=O) groups excluding carboxylic acids is 1. The smallest absolute Gasteiger partial charge is 0.317 e. The number of amides is 2. The van der Waals surface area contributed by atoms with Gasteiger partial charge < -0.3 is 15.3 Å². The van der Waals surface area contributed by atoms with E-state index >= 15 is 0 Å². The first kappa shape index (κ1) is 14.2. The number of carboxylic acids is 1. The van der Waals surface area contributed by atoms with Crippen LogP contribution in [0.25, 0.3) is 0 Å². The minimum Gasteiger partial charge on any atom is -0.481 e. The zero-order valence-electron chi connectivity index (χ0n) is 11.5. The van der Waals surface area contributed by atoms with E-state index in [4.69, 9.17) is 5.11 Å². The molecule has 5 heteroatoms. The summed E-state index contributed by atoms with van der Waals surface area (Å²) >= 11 is 0. The second-order valence-corrected chi connectivity index (χ2v) is 5.98. The molecule has 2 amide bonds. The largest absolute Gasteiger partial charge is 0.481 e. The Morgan fingerprint density at radius 1 is 1.05 bits per heavy atom. The Labute approximate surface area is 114 Å². The molecule has 2 fully saturated rings. The van der Waals surface area contributed by atoms with Crippen molar-refractivity contribution in [1.29, 1.82) is 0 Å². The summed E-state index contributed by atoms with van der Waals surface area (Å²) in [5.41, 5.74) is -0.187. The van der Waals surface area contributed by atoms with Crippen molar-refractivity contribution in [3.05, 3.63) is 0 Å². The molecule has 0 aromatic heterocycles. The molecule has 1 aliphatic carbocycles. The van der Waals surface area contributed by atoms with E-state index in [0.29, 0.717) is 6.54 Å². The second-order valence-electron chi connectivity index (χ2n) is 5.98. The van der Waals surface area contributed by atoms with Gasteiger partial charge in [-0.05, 0) is 31.1 Å². The van der Waals surface area contributed by atoms with Crippen molar-refractivity contribution in [1.82, 2.24) is 10.2 Å². The molecule has 0 aromatic rings. The van der Waals surface area contributed by atoms with E-state index in [-0.39, 0.29) is 17.9 Å². The molecule has 2 rings (SSSR count). The monoisotopic (exact) mass is 268 g/mol. The number of likely N-dealkylation sites (tertiary alicyclic amines) is 1. The molecule has 0 unspecified atom stereocenters. The van der Waals surface area contributed by atoms with Crippen LogP contribution in [-0.4, -0.2) is 41.6 Å². The Morgan fingerprint density at radius 2 is 1.68 bits per heavy atom. The van der Waals surface area contributed by atoms with Crippen molar-refractivity contribution in [2.24, 2.45) is 5.41 Å². The highest BCUT2D eigenvalue weighted by Gasteiger charge is 2.39. The lowest BCUT2D eigenvalue weighted by Gasteiger charge is -2.41. The van der Waals surface area contributed by atoms with Gasteiger partial charge in [-0.25, -0.2) is 4.79 Å². The standard InChI is InChI=1S/C14H24N2O3/c17-12(18)10-14(6-5-7-14)11-15-13(19)16-8-3-1-2-4-9-16/h1-11H2,(H,15,19)(H,17,18). The van der Waals surface area contributed by atoms with Crippen molar-refractivity contribution in [3.63, 3.8) is 0 Å². The van der Waals surface area contributed by atoms with Crippen molar-refractivity contribution in [3.8, 4) is 0 Å². The van der Waals surface area contributed by atoms with Gasteiger partial charge in [0, 0.05) is 19.6 Å². The highest BCUT2D eigenvalue weighted by atomic mass is 16.4. The first-order valence-corrected chi connectivity index (χ1v) is 7.36. The third kappa shape index (κ3) is 3.85. The maximum Gasteiger partial charge on any atom is 0.317 e. The Bertz CT molecular complexity index is 332. The molecule has 1 saturated carbocycles. The van der Waals surface area contributed by atoms with E-state index in [1.54, 1.807) is 0 Å². The zero-order chi connectivity index (χ0) is 13.7. The molecule has 2 aliphatic rings. The topological polar surface area (TPSA) is 69.6 Å². The summed E-state index contributed by atoms with van der Waals surface area (Å²) in [7, 11) is 0. The summed E-state index contributed by atoms with van der Waals surface area (Å²) < 4.78 is 0. The quantitative estimate of drug-likeness (QED) is 0.821. The van der Waals surface area contributed by atoms with E-state index in [9.17, 15) is 9.59 Å². The van der Waals surface area contributed by atoms with Crippen LogP contribution in [0.3, 0.4) is 0 Å². The van der Waals surface area contributed by atoms with E-state index in [1.807, 2.05) is 4.90 Å². The minimum atomic E-state index is -0.760. The van der Waals surface area contributed by atoms with Crippen LogP contribution < -0.4 is 5.32 Å². The third-order valence-corrected chi connectivity index (χ3v) is 4.45. The summed E-state index contributed by atoms with van der Waals surface area (Å²) in [6.45, 7) is 2.17. The van der Waals surface area contributed by atoms with Crippen LogP contribution in [0.5, 0.6) is 0 Å². The van der Waals surface area contributed by atoms with Gasteiger partial charge in [0.15, 0.2) is 0 Å². The van der Waals surface area contributed by atoms with Crippen molar-refractivity contribution in [2.75, 3.05) is 19.6 Å². The molecule has 1 saturated heterocycles. The van der Waals surface area contributed by atoms with Gasteiger partial charge in [-0.2, -0.15) is 0 Å². The molecule has 108 valence electrons. The molecular formula is C14H24N2O3. The summed E-state index contributed by atoms with van der Waals surface area (Å²) in [4.78, 5) is 24.8. The van der Waals surface area contributed by atoms with Gasteiger partial charge in [-0.1, -0.05) is 19.3 Å². The maximum atomic E-state index is 12.1. The lowest BCUT2D eigenvalue weighted by molar-refractivity contribution is -0.141. The average Bonchev–Trinajstić information content (AvgIpc) is 2.60. The summed E-state index contributed by atoms with van der Waals surface area (Å²) in [5.74, 6) is -0.760. The fraction of sp³-hybridized carbons (Fsp3) is 0.857. The number of nitrogens with one attached hydrogen (secondary N) is 1. The number of carbonyl (C=O) groups is 2. The number of nitrogens with zero attached hydrogens (tertiary/aromatic N) is 1. The molecule has 1 heterocycles. The van der Waals surface area contributed by atoms with E-state index < -0.39 is 5.97 Å². The third-order valence-electron chi connectivity index (χ3n) is 4.45. The molecule has 2 N–H and O–H groups in total. The van der Waals surface area contributed by atoms with Crippen molar-refractivity contribution < 1.29 is 14.7 Å². The summed E-state index contributed by atoms with van der Waals surface area (Å²) in [6, 6.07) is -0.0152. The predicted molar refractivity (Wildman–Crippen MR) is 72.0 cm³/mol. The number of urea groups is 1. The Morgan fingerprint density at radius 3 is 2.16 bits per heavy atom. The van der Waals surface area contributed by atoms with E-state index in [1.165, 1.54) is 12.8 Å². The van der Waals surface area contributed by atoms with Gasteiger partial charge in [0.05, 0.1) is 6.42 Å². The van der Waals surface area contributed by atoms with Gasteiger partial charge in [-0.3, -0.25) is 4.79 Å². The molecule has 1 aliphatic heterocycles. The summed E-state index contributed by atoms with van der Waals surface area (Å²) in [6.07, 6.45) is 7.64. The zero-order valence-corrected chi connectivity index (χ0v) is 11.5. The van der Waals surface area contributed by atoms with Gasteiger partial charge in [0.1, 0.15) is 0 Å². The summed E-state index contributed by atoms with van der Waals surface area (Å²) in [5, 5.41) is 11.9. The van der Waals surface area contributed by atoms with Crippen LogP contribution in [0.2, 0.25) is 0 Å². The highest BCUT2D eigenvalue weighted by Crippen LogP contribution is 2.43. The highest BCUT2D eigenvalue weighted by molar-refractivity contribution is 5.74. The molecule has 0 spiro atoms. The molecule has 0 aromatic carbocycles. The molecule has 0 atom stereocenters. The number of carboxylic acid groups (broad SMARTS) is 1. The van der Waals surface area contributed by atoms with Gasteiger partial charge in [0.2, 0.25) is 0 Å². The average molecular weight is 268 g/mol. The first-order chi connectivity index (χ1) is 9.11. The SMILES string of the molecule is O=C(O)CC1(CNC(=O)N2CCCCCC2)CCC1. The number of aliphatic carboxylic acids is 1. The Balaban J connectivity index is 1.79. The Hall–Kier alpha value is -1.26. The maximum absolute atomic E-state index is 12.1. The van der Waals surface area contributed by atoms with Gasteiger partial charge in [-0.15, -0.1) is 0 Å². The van der Waals surface area contributed by atoms with Gasteiger partial charge in [0.25, 0.3) is 0 Å². The fourth-order valence-corrected chi connectivity index (χ4v) is 3.06. The van der Waals surface area contributed by atoms with Crippen molar-refractivity contribution >= 4 is 12.0 Å². The van der Waals surface area contributed by atoms with Gasteiger partial charge >= 0.3 is 12.0 Å². The van der Waals surface area contributed by atoms with Crippen LogP contribution in [0.15, 0.2) is 0 Å². The molecular weight excluding hydrogens is 244 g/mol. The normalized spacial score (nSPS) is 22.2. The lowest BCUT2D eigenvalue weighted by atomic mass is 9.66. The van der Waals surface area contributed by atoms with Crippen LogP contribution in [0.4, 0.5) is 4.79 Å². The van der Waals surface area contributed by atoms with Crippen LogP contribution in [0.1, 0.15) is 51.4 Å². The molecule has 19 heavy (non-hydrogen) atoms. The fourth-order valence-electron chi connectivity index (χ4n) is 3.06. The number of hydrogen-bond donors (Lipinski definition) is 2. The predicted octanol–water partition coefficient (Wildman–Crippen LogP) is 2.22. The Kier molecular flexibility index (Phi) is 4.66. The van der Waals surface area contributed by atoms with E-state index in [2.05, 4.69) is 5.32 Å². The molecule has 0 bridgehead atoms. The molecule has 5 nitrogen and oxygen atoms in total. The van der Waals surface area contributed by atoms with Crippen molar-refractivity contribution in [2.45, 2.75) is 51.4 Å². The molecule has 0 radical (unpaired) electrons. The number of rotatable bonds is 4. The number of hydrogen-bond acceptors (Lipinski definition) is 2. The first-order valence-electron chi connectivity index (χ1n) is 7.36.